The van der Waals surface area contributed by atoms with Gasteiger partial charge in [0.25, 0.3) is 0 Å². The fourth-order valence-corrected chi connectivity index (χ4v) is 3.82. The van der Waals surface area contributed by atoms with Crippen molar-refractivity contribution in [1.29, 1.82) is 0 Å². The minimum Gasteiger partial charge on any atom is -0.392 e. The second-order valence-corrected chi connectivity index (χ2v) is 5.94. The lowest BCUT2D eigenvalue weighted by Gasteiger charge is -2.40. The standard InChI is InChI=1S/C16H23NO2/c17-11-16(15(18)13-5-3-9-19-10-13)8-7-12-4-1-2-6-14(12)16/h1-2,4,6,13,15,18H,3,5,7-11,17H2. The lowest BCUT2D eigenvalue weighted by atomic mass is 9.71. The van der Waals surface area contributed by atoms with Crippen LogP contribution in [-0.2, 0) is 16.6 Å². The summed E-state index contributed by atoms with van der Waals surface area (Å²) in [5, 5.41) is 10.9. The zero-order valence-electron chi connectivity index (χ0n) is 11.3. The van der Waals surface area contributed by atoms with Crippen LogP contribution < -0.4 is 5.73 Å². The first-order chi connectivity index (χ1) is 9.28. The third-order valence-corrected chi connectivity index (χ3v) is 4.97. The van der Waals surface area contributed by atoms with E-state index < -0.39 is 0 Å². The Morgan fingerprint density at radius 2 is 2.26 bits per heavy atom. The van der Waals surface area contributed by atoms with Crippen molar-refractivity contribution >= 4 is 0 Å². The molecule has 0 spiro atoms. The first-order valence-electron chi connectivity index (χ1n) is 7.32. The number of aliphatic hydroxyl groups is 1. The summed E-state index contributed by atoms with van der Waals surface area (Å²) in [6.07, 6.45) is 3.69. The molecule has 1 aliphatic carbocycles. The van der Waals surface area contributed by atoms with Gasteiger partial charge in [0, 0.05) is 24.5 Å². The number of fused-ring (bicyclic) bond motifs is 1. The molecule has 19 heavy (non-hydrogen) atoms. The van der Waals surface area contributed by atoms with Crippen molar-refractivity contribution in [3.05, 3.63) is 35.4 Å². The molecule has 104 valence electrons. The summed E-state index contributed by atoms with van der Waals surface area (Å²) in [5.74, 6) is 0.225. The fourth-order valence-electron chi connectivity index (χ4n) is 3.82. The van der Waals surface area contributed by atoms with Crippen molar-refractivity contribution in [2.75, 3.05) is 19.8 Å². The van der Waals surface area contributed by atoms with E-state index in [9.17, 15) is 5.11 Å². The zero-order chi connectivity index (χ0) is 13.3. The SMILES string of the molecule is NCC1(C(O)C2CCCOC2)CCc2ccccc21. The lowest BCUT2D eigenvalue weighted by Crippen LogP contribution is -2.49. The summed E-state index contributed by atoms with van der Waals surface area (Å²) in [6.45, 7) is 2.02. The Morgan fingerprint density at radius 3 is 3.00 bits per heavy atom. The van der Waals surface area contributed by atoms with E-state index in [1.807, 2.05) is 0 Å². The van der Waals surface area contributed by atoms with Crippen LogP contribution in [0.4, 0.5) is 0 Å². The summed E-state index contributed by atoms with van der Waals surface area (Å²) >= 11 is 0. The van der Waals surface area contributed by atoms with Crippen LogP contribution in [0.15, 0.2) is 24.3 Å². The summed E-state index contributed by atoms with van der Waals surface area (Å²) < 4.78 is 5.54. The van der Waals surface area contributed by atoms with Gasteiger partial charge in [-0.25, -0.2) is 0 Å². The van der Waals surface area contributed by atoms with Gasteiger partial charge in [0.05, 0.1) is 12.7 Å². The molecule has 0 amide bonds. The van der Waals surface area contributed by atoms with Crippen LogP contribution in [0, 0.1) is 5.92 Å². The highest BCUT2D eigenvalue weighted by molar-refractivity contribution is 5.41. The number of benzene rings is 1. The van der Waals surface area contributed by atoms with Gasteiger partial charge in [-0.1, -0.05) is 24.3 Å². The fraction of sp³-hybridized carbons (Fsp3) is 0.625. The molecule has 3 nitrogen and oxygen atoms in total. The largest absolute Gasteiger partial charge is 0.392 e. The second-order valence-electron chi connectivity index (χ2n) is 5.94. The van der Waals surface area contributed by atoms with Crippen LogP contribution in [0.1, 0.15) is 30.4 Å². The van der Waals surface area contributed by atoms with Crippen LogP contribution in [0.25, 0.3) is 0 Å². The predicted molar refractivity (Wildman–Crippen MR) is 75.0 cm³/mol. The molecule has 1 fully saturated rings. The van der Waals surface area contributed by atoms with E-state index in [2.05, 4.69) is 24.3 Å². The number of aliphatic hydroxyl groups excluding tert-OH is 1. The molecule has 0 bridgehead atoms. The Bertz CT molecular complexity index is 442. The lowest BCUT2D eigenvalue weighted by molar-refractivity contribution is -0.0422. The Morgan fingerprint density at radius 1 is 1.42 bits per heavy atom. The number of nitrogens with two attached hydrogens (primary N) is 1. The molecular formula is C16H23NO2. The van der Waals surface area contributed by atoms with Gasteiger partial charge in [-0.15, -0.1) is 0 Å². The van der Waals surface area contributed by atoms with E-state index >= 15 is 0 Å². The average molecular weight is 261 g/mol. The Balaban J connectivity index is 1.91. The van der Waals surface area contributed by atoms with Crippen molar-refractivity contribution in [3.63, 3.8) is 0 Å². The molecule has 1 aliphatic heterocycles. The molecule has 3 unspecified atom stereocenters. The van der Waals surface area contributed by atoms with Crippen molar-refractivity contribution in [3.8, 4) is 0 Å². The van der Waals surface area contributed by atoms with Crippen LogP contribution in [-0.4, -0.2) is 31.0 Å². The molecular weight excluding hydrogens is 238 g/mol. The normalized spacial score (nSPS) is 32.0. The van der Waals surface area contributed by atoms with Gasteiger partial charge >= 0.3 is 0 Å². The summed E-state index contributed by atoms with van der Waals surface area (Å²) in [7, 11) is 0. The van der Waals surface area contributed by atoms with Gasteiger partial charge in [-0.05, 0) is 36.8 Å². The molecule has 3 atom stereocenters. The Hall–Kier alpha value is -0.900. The van der Waals surface area contributed by atoms with Crippen molar-refractivity contribution in [2.45, 2.75) is 37.2 Å². The summed E-state index contributed by atoms with van der Waals surface area (Å²) in [5.41, 5.74) is 8.44. The quantitative estimate of drug-likeness (QED) is 0.869. The van der Waals surface area contributed by atoms with E-state index in [-0.39, 0.29) is 17.4 Å². The van der Waals surface area contributed by atoms with E-state index in [1.165, 1.54) is 11.1 Å². The molecule has 3 rings (SSSR count). The molecule has 0 aromatic heterocycles. The van der Waals surface area contributed by atoms with Crippen molar-refractivity contribution < 1.29 is 9.84 Å². The Labute approximate surface area is 114 Å². The van der Waals surface area contributed by atoms with E-state index in [0.717, 1.165) is 32.3 Å². The molecule has 1 aromatic carbocycles. The maximum Gasteiger partial charge on any atom is 0.0699 e. The van der Waals surface area contributed by atoms with Gasteiger partial charge in [-0.2, -0.15) is 0 Å². The number of rotatable bonds is 3. The number of hydrogen-bond donors (Lipinski definition) is 2. The smallest absolute Gasteiger partial charge is 0.0699 e. The van der Waals surface area contributed by atoms with Gasteiger partial charge in [-0.3, -0.25) is 0 Å². The van der Waals surface area contributed by atoms with Crippen molar-refractivity contribution in [1.82, 2.24) is 0 Å². The maximum absolute atomic E-state index is 10.9. The van der Waals surface area contributed by atoms with Gasteiger partial charge in [0.1, 0.15) is 0 Å². The molecule has 0 saturated carbocycles. The van der Waals surface area contributed by atoms with Gasteiger partial charge in [0.15, 0.2) is 0 Å². The molecule has 1 saturated heterocycles. The second kappa shape index (κ2) is 5.23. The summed E-state index contributed by atoms with van der Waals surface area (Å²) in [4.78, 5) is 0. The van der Waals surface area contributed by atoms with Gasteiger partial charge in [0.2, 0.25) is 0 Å². The number of hydrogen-bond acceptors (Lipinski definition) is 3. The highest BCUT2D eigenvalue weighted by Gasteiger charge is 2.46. The molecule has 3 N–H and O–H groups in total. The molecule has 2 aliphatic rings. The summed E-state index contributed by atoms with van der Waals surface area (Å²) in [6, 6.07) is 8.43. The highest BCUT2D eigenvalue weighted by Crippen LogP contribution is 2.44. The first-order valence-corrected chi connectivity index (χ1v) is 7.32. The van der Waals surface area contributed by atoms with Crippen LogP contribution >= 0.6 is 0 Å². The minimum atomic E-state index is -0.388. The average Bonchev–Trinajstić information content (AvgIpc) is 2.87. The maximum atomic E-state index is 10.9. The third kappa shape index (κ3) is 2.10. The molecule has 1 aromatic rings. The van der Waals surface area contributed by atoms with Crippen molar-refractivity contribution in [2.24, 2.45) is 11.7 Å². The zero-order valence-corrected chi connectivity index (χ0v) is 11.3. The number of aryl methyl sites for hydroxylation is 1. The minimum absolute atomic E-state index is 0.225. The van der Waals surface area contributed by atoms with E-state index in [1.54, 1.807) is 0 Å². The molecule has 0 radical (unpaired) electrons. The van der Waals surface area contributed by atoms with E-state index in [4.69, 9.17) is 10.5 Å². The monoisotopic (exact) mass is 261 g/mol. The van der Waals surface area contributed by atoms with Gasteiger partial charge < -0.3 is 15.6 Å². The predicted octanol–water partition coefficient (Wildman–Crippen LogP) is 1.62. The Kier molecular flexibility index (Phi) is 3.61. The highest BCUT2D eigenvalue weighted by atomic mass is 16.5. The molecule has 1 heterocycles. The number of ether oxygens (including phenoxy) is 1. The third-order valence-electron chi connectivity index (χ3n) is 4.97. The van der Waals surface area contributed by atoms with E-state index in [0.29, 0.717) is 13.2 Å². The van der Waals surface area contributed by atoms with Crippen LogP contribution in [0.5, 0.6) is 0 Å². The molecule has 3 heteroatoms. The van der Waals surface area contributed by atoms with Crippen LogP contribution in [0.2, 0.25) is 0 Å². The first kappa shape index (κ1) is 13.1. The topological polar surface area (TPSA) is 55.5 Å². The van der Waals surface area contributed by atoms with Crippen LogP contribution in [0.3, 0.4) is 0 Å².